The van der Waals surface area contributed by atoms with Crippen LogP contribution in [-0.4, -0.2) is 42.5 Å². The van der Waals surface area contributed by atoms with E-state index in [4.69, 9.17) is 14.2 Å². The topological polar surface area (TPSA) is 109 Å². The maximum absolute atomic E-state index is 12.9. The molecule has 0 fully saturated rings. The maximum atomic E-state index is 12.9. The average Bonchev–Trinajstić information content (AvgIpc) is 2.79. The molecule has 3 rings (SSSR count). The number of nitrogens with zero attached hydrogens (tertiary/aromatic N) is 2. The van der Waals surface area contributed by atoms with E-state index in [0.717, 1.165) is 10.7 Å². The second-order valence-corrected chi connectivity index (χ2v) is 6.21. The molecule has 0 saturated carbocycles. The first-order valence-electron chi connectivity index (χ1n) is 9.39. The minimum Gasteiger partial charge on any atom is -0.493 e. The lowest BCUT2D eigenvalue weighted by Crippen LogP contribution is -2.27. The minimum absolute atomic E-state index is 0.0782. The number of benzene rings is 2. The van der Waals surface area contributed by atoms with Crippen molar-refractivity contribution in [1.29, 1.82) is 0 Å². The highest BCUT2D eigenvalue weighted by Crippen LogP contribution is 2.31. The Labute approximate surface area is 178 Å². The highest BCUT2D eigenvalue weighted by atomic mass is 16.5. The fourth-order valence-electron chi connectivity index (χ4n) is 2.91. The van der Waals surface area contributed by atoms with Gasteiger partial charge in [-0.3, -0.25) is 9.59 Å². The molecular weight excluding hydrogens is 402 g/mol. The van der Waals surface area contributed by atoms with Gasteiger partial charge in [-0.25, -0.2) is 4.79 Å². The second-order valence-electron chi connectivity index (χ2n) is 6.21. The number of carbonyl (C=O) groups is 2. The standard InChI is InChI=1S/C22H21N3O6/c1-4-31-22(28)19-16(13-18(26)25(24-19)14-9-6-5-7-10-14)23-21(27)15-11-8-12-17(29-2)20(15)30-3/h5-13H,4H2,1-3H3,(H,23,27). The number of amides is 1. The zero-order valence-electron chi connectivity index (χ0n) is 17.2. The van der Waals surface area contributed by atoms with Crippen LogP contribution >= 0.6 is 0 Å². The molecule has 160 valence electrons. The quantitative estimate of drug-likeness (QED) is 0.582. The Morgan fingerprint density at radius 1 is 1.03 bits per heavy atom. The molecule has 1 aromatic heterocycles. The van der Waals surface area contributed by atoms with E-state index in [2.05, 4.69) is 10.4 Å². The van der Waals surface area contributed by atoms with Crippen LogP contribution < -0.4 is 20.3 Å². The molecule has 0 aliphatic rings. The summed E-state index contributed by atoms with van der Waals surface area (Å²) in [5.41, 5.74) is -0.201. The Kier molecular flexibility index (Phi) is 6.66. The van der Waals surface area contributed by atoms with Crippen LogP contribution in [0.2, 0.25) is 0 Å². The van der Waals surface area contributed by atoms with Crippen LogP contribution in [0.25, 0.3) is 5.69 Å². The van der Waals surface area contributed by atoms with Crippen LogP contribution in [0.5, 0.6) is 11.5 Å². The molecule has 31 heavy (non-hydrogen) atoms. The van der Waals surface area contributed by atoms with Gasteiger partial charge in [-0.2, -0.15) is 9.78 Å². The van der Waals surface area contributed by atoms with Crippen LogP contribution in [0.3, 0.4) is 0 Å². The predicted octanol–water partition coefficient (Wildman–Crippen LogP) is 2.68. The average molecular weight is 423 g/mol. The second kappa shape index (κ2) is 9.57. The largest absolute Gasteiger partial charge is 0.493 e. The molecule has 0 aliphatic carbocycles. The van der Waals surface area contributed by atoms with Crippen molar-refractivity contribution >= 4 is 17.6 Å². The lowest BCUT2D eigenvalue weighted by Gasteiger charge is -2.14. The van der Waals surface area contributed by atoms with Crippen LogP contribution in [-0.2, 0) is 4.74 Å². The number of nitrogens with one attached hydrogen (secondary N) is 1. The van der Waals surface area contributed by atoms with Crippen LogP contribution in [0, 0.1) is 0 Å². The first kappa shape index (κ1) is 21.6. The summed E-state index contributed by atoms with van der Waals surface area (Å²) in [7, 11) is 2.85. The Morgan fingerprint density at radius 3 is 2.42 bits per heavy atom. The van der Waals surface area contributed by atoms with Gasteiger partial charge in [-0.05, 0) is 31.2 Å². The van der Waals surface area contributed by atoms with Crippen molar-refractivity contribution in [3.05, 3.63) is 76.2 Å². The van der Waals surface area contributed by atoms with Gasteiger partial charge in [-0.1, -0.05) is 24.3 Å². The molecular formula is C22H21N3O6. The summed E-state index contributed by atoms with van der Waals surface area (Å²) >= 11 is 0. The maximum Gasteiger partial charge on any atom is 0.360 e. The predicted molar refractivity (Wildman–Crippen MR) is 113 cm³/mol. The van der Waals surface area contributed by atoms with Crippen molar-refractivity contribution in [2.45, 2.75) is 6.92 Å². The van der Waals surface area contributed by atoms with E-state index in [1.807, 2.05) is 0 Å². The zero-order chi connectivity index (χ0) is 22.4. The lowest BCUT2D eigenvalue weighted by atomic mass is 10.1. The Balaban J connectivity index is 2.07. The van der Waals surface area contributed by atoms with Gasteiger partial charge in [0.2, 0.25) is 0 Å². The fraction of sp³-hybridized carbons (Fsp3) is 0.182. The third-order valence-corrected chi connectivity index (χ3v) is 4.30. The molecule has 0 bridgehead atoms. The summed E-state index contributed by atoms with van der Waals surface area (Å²) < 4.78 is 16.6. The Bertz CT molecular complexity index is 1160. The third-order valence-electron chi connectivity index (χ3n) is 4.30. The van der Waals surface area contributed by atoms with Crippen molar-refractivity contribution in [1.82, 2.24) is 9.78 Å². The highest BCUT2D eigenvalue weighted by molar-refractivity contribution is 6.09. The summed E-state index contributed by atoms with van der Waals surface area (Å²) in [5, 5.41) is 6.70. The Morgan fingerprint density at radius 2 is 1.77 bits per heavy atom. The van der Waals surface area contributed by atoms with Gasteiger partial charge in [0.25, 0.3) is 11.5 Å². The molecule has 0 saturated heterocycles. The van der Waals surface area contributed by atoms with Crippen LogP contribution in [0.1, 0.15) is 27.8 Å². The number of anilines is 1. The molecule has 1 heterocycles. The number of aromatic nitrogens is 2. The first-order chi connectivity index (χ1) is 15.0. The SMILES string of the molecule is CCOC(=O)c1nn(-c2ccccc2)c(=O)cc1NC(=O)c1cccc(OC)c1OC. The number of para-hydroxylation sites is 2. The van der Waals surface area contributed by atoms with E-state index in [9.17, 15) is 14.4 Å². The molecule has 3 aromatic rings. The summed E-state index contributed by atoms with van der Waals surface area (Å²) in [6.07, 6.45) is 0. The number of ether oxygens (including phenoxy) is 3. The van der Waals surface area contributed by atoms with Crippen molar-refractivity contribution in [3.8, 4) is 17.2 Å². The summed E-state index contributed by atoms with van der Waals surface area (Å²) in [5.74, 6) is -0.816. The molecule has 1 N–H and O–H groups in total. The first-order valence-corrected chi connectivity index (χ1v) is 9.39. The minimum atomic E-state index is -0.778. The normalized spacial score (nSPS) is 10.3. The van der Waals surface area contributed by atoms with Crippen LogP contribution in [0.4, 0.5) is 5.69 Å². The summed E-state index contributed by atoms with van der Waals surface area (Å²) in [6, 6.07) is 14.5. The van der Waals surface area contributed by atoms with Gasteiger partial charge in [0, 0.05) is 6.07 Å². The number of carbonyl (C=O) groups excluding carboxylic acids is 2. The molecule has 0 atom stereocenters. The van der Waals surface area contributed by atoms with Gasteiger partial charge in [0.1, 0.15) is 0 Å². The molecule has 2 aromatic carbocycles. The zero-order valence-corrected chi connectivity index (χ0v) is 17.2. The van der Waals surface area contributed by atoms with E-state index in [1.165, 1.54) is 20.3 Å². The molecule has 0 radical (unpaired) electrons. The molecule has 0 spiro atoms. The third kappa shape index (κ3) is 4.55. The smallest absolute Gasteiger partial charge is 0.360 e. The monoisotopic (exact) mass is 423 g/mol. The van der Waals surface area contributed by atoms with Crippen LogP contribution in [0.15, 0.2) is 59.4 Å². The lowest BCUT2D eigenvalue weighted by molar-refractivity contribution is 0.0518. The summed E-state index contributed by atoms with van der Waals surface area (Å²) in [4.78, 5) is 38.1. The van der Waals surface area contributed by atoms with E-state index in [0.29, 0.717) is 11.4 Å². The van der Waals surface area contributed by atoms with Gasteiger partial charge in [0.15, 0.2) is 17.2 Å². The van der Waals surface area contributed by atoms with E-state index < -0.39 is 17.4 Å². The van der Waals surface area contributed by atoms with E-state index in [1.54, 1.807) is 49.4 Å². The van der Waals surface area contributed by atoms with Gasteiger partial charge in [0.05, 0.1) is 37.8 Å². The highest BCUT2D eigenvalue weighted by Gasteiger charge is 2.23. The van der Waals surface area contributed by atoms with E-state index in [-0.39, 0.29) is 29.3 Å². The summed E-state index contributed by atoms with van der Waals surface area (Å²) in [6.45, 7) is 1.74. The van der Waals surface area contributed by atoms with Crippen molar-refractivity contribution in [3.63, 3.8) is 0 Å². The molecule has 0 aliphatic heterocycles. The fourth-order valence-corrected chi connectivity index (χ4v) is 2.91. The number of esters is 1. The number of methoxy groups -OCH3 is 2. The Hall–Kier alpha value is -4.14. The number of rotatable bonds is 7. The molecule has 9 heteroatoms. The molecule has 9 nitrogen and oxygen atoms in total. The van der Waals surface area contributed by atoms with Crippen molar-refractivity contribution in [2.24, 2.45) is 0 Å². The van der Waals surface area contributed by atoms with Gasteiger partial charge >= 0.3 is 5.97 Å². The van der Waals surface area contributed by atoms with Gasteiger partial charge < -0.3 is 19.5 Å². The molecule has 0 unspecified atom stereocenters. The number of hydrogen-bond acceptors (Lipinski definition) is 7. The molecule has 1 amide bonds. The van der Waals surface area contributed by atoms with E-state index >= 15 is 0 Å². The van der Waals surface area contributed by atoms with Crippen molar-refractivity contribution < 1.29 is 23.8 Å². The number of hydrogen-bond donors (Lipinski definition) is 1. The van der Waals surface area contributed by atoms with Crippen molar-refractivity contribution in [2.75, 3.05) is 26.1 Å². The van der Waals surface area contributed by atoms with Gasteiger partial charge in [-0.15, -0.1) is 0 Å².